The SMILES string of the molecule is CCc1ccc(CN)cc1S(=O)(=O)NC1CCCC1C. The van der Waals surface area contributed by atoms with Crippen LogP contribution in [0.1, 0.15) is 44.2 Å². The van der Waals surface area contributed by atoms with Gasteiger partial charge in [-0.25, -0.2) is 13.1 Å². The van der Waals surface area contributed by atoms with Crippen molar-refractivity contribution in [3.63, 3.8) is 0 Å². The van der Waals surface area contributed by atoms with Crippen molar-refractivity contribution in [3.05, 3.63) is 29.3 Å². The highest BCUT2D eigenvalue weighted by Gasteiger charge is 2.29. The summed E-state index contributed by atoms with van der Waals surface area (Å²) in [7, 11) is -3.46. The largest absolute Gasteiger partial charge is 0.326 e. The lowest BCUT2D eigenvalue weighted by Crippen LogP contribution is -2.36. The van der Waals surface area contributed by atoms with Gasteiger partial charge in [-0.1, -0.05) is 32.4 Å². The fourth-order valence-electron chi connectivity index (χ4n) is 2.85. The predicted molar refractivity (Wildman–Crippen MR) is 80.8 cm³/mol. The van der Waals surface area contributed by atoms with Crippen molar-refractivity contribution in [1.29, 1.82) is 0 Å². The molecule has 0 aliphatic heterocycles. The van der Waals surface area contributed by atoms with Gasteiger partial charge in [0.2, 0.25) is 10.0 Å². The van der Waals surface area contributed by atoms with Crippen LogP contribution < -0.4 is 10.5 Å². The van der Waals surface area contributed by atoms with Gasteiger partial charge in [0.25, 0.3) is 0 Å². The van der Waals surface area contributed by atoms with E-state index in [1.165, 1.54) is 0 Å². The summed E-state index contributed by atoms with van der Waals surface area (Å²) in [4.78, 5) is 0.391. The molecule has 0 radical (unpaired) electrons. The van der Waals surface area contributed by atoms with E-state index in [2.05, 4.69) is 11.6 Å². The molecule has 2 rings (SSSR count). The highest BCUT2D eigenvalue weighted by molar-refractivity contribution is 7.89. The van der Waals surface area contributed by atoms with Crippen LogP contribution in [0.15, 0.2) is 23.1 Å². The van der Waals surface area contributed by atoms with Crippen LogP contribution in [0.4, 0.5) is 0 Å². The number of hydrogen-bond acceptors (Lipinski definition) is 3. The summed E-state index contributed by atoms with van der Waals surface area (Å²) in [5, 5.41) is 0. The number of nitrogens with two attached hydrogens (primary N) is 1. The van der Waals surface area contributed by atoms with E-state index in [9.17, 15) is 8.42 Å². The Balaban J connectivity index is 2.32. The van der Waals surface area contributed by atoms with Crippen molar-refractivity contribution in [2.24, 2.45) is 11.7 Å². The van der Waals surface area contributed by atoms with E-state index in [4.69, 9.17) is 5.73 Å². The van der Waals surface area contributed by atoms with Gasteiger partial charge in [-0.05, 0) is 42.4 Å². The second-order valence-corrected chi connectivity index (χ2v) is 7.32. The van der Waals surface area contributed by atoms with E-state index in [0.717, 1.165) is 30.4 Å². The number of rotatable bonds is 5. The Bertz CT molecular complexity index is 569. The molecule has 1 aliphatic carbocycles. The van der Waals surface area contributed by atoms with Crippen LogP contribution in [0.5, 0.6) is 0 Å². The molecular formula is C15H24N2O2S. The lowest BCUT2D eigenvalue weighted by molar-refractivity contribution is 0.476. The van der Waals surface area contributed by atoms with Gasteiger partial charge in [-0.3, -0.25) is 0 Å². The van der Waals surface area contributed by atoms with Gasteiger partial charge in [0.15, 0.2) is 0 Å². The smallest absolute Gasteiger partial charge is 0.241 e. The first-order valence-corrected chi connectivity index (χ1v) is 8.80. The van der Waals surface area contributed by atoms with Crippen LogP contribution in [0.25, 0.3) is 0 Å². The van der Waals surface area contributed by atoms with E-state index in [1.54, 1.807) is 6.07 Å². The molecule has 0 saturated heterocycles. The van der Waals surface area contributed by atoms with Crippen LogP contribution in [0.2, 0.25) is 0 Å². The maximum absolute atomic E-state index is 12.6. The van der Waals surface area contributed by atoms with Crippen LogP contribution in [0.3, 0.4) is 0 Å². The standard InChI is InChI=1S/C15H24N2O2S/c1-3-13-8-7-12(10-16)9-15(13)20(18,19)17-14-6-4-5-11(14)2/h7-9,11,14,17H,3-6,10,16H2,1-2H3. The summed E-state index contributed by atoms with van der Waals surface area (Å²) in [5.74, 6) is 0.410. The summed E-state index contributed by atoms with van der Waals surface area (Å²) >= 11 is 0. The van der Waals surface area contributed by atoms with Crippen molar-refractivity contribution in [1.82, 2.24) is 4.72 Å². The molecule has 0 amide bonds. The molecule has 1 aromatic carbocycles. The summed E-state index contributed by atoms with van der Waals surface area (Å²) in [6.07, 6.45) is 3.81. The Kier molecular flexibility index (Phi) is 4.83. The van der Waals surface area contributed by atoms with Crippen molar-refractivity contribution in [2.75, 3.05) is 0 Å². The average Bonchev–Trinajstić information content (AvgIpc) is 2.83. The topological polar surface area (TPSA) is 72.2 Å². The molecule has 1 fully saturated rings. The van der Waals surface area contributed by atoms with Gasteiger partial charge in [0, 0.05) is 12.6 Å². The molecule has 0 spiro atoms. The van der Waals surface area contributed by atoms with Gasteiger partial charge in [-0.2, -0.15) is 0 Å². The first kappa shape index (κ1) is 15.5. The predicted octanol–water partition coefficient (Wildman–Crippen LogP) is 2.17. The minimum absolute atomic E-state index is 0.0613. The van der Waals surface area contributed by atoms with Crippen molar-refractivity contribution in [2.45, 2.75) is 57.0 Å². The molecule has 1 saturated carbocycles. The van der Waals surface area contributed by atoms with E-state index >= 15 is 0 Å². The normalized spacial score (nSPS) is 23.1. The summed E-state index contributed by atoms with van der Waals surface area (Å²) < 4.78 is 28.1. The van der Waals surface area contributed by atoms with Crippen molar-refractivity contribution >= 4 is 10.0 Å². The molecule has 2 atom stereocenters. The van der Waals surface area contributed by atoms with Crippen molar-refractivity contribution in [3.8, 4) is 0 Å². The van der Waals surface area contributed by atoms with E-state index < -0.39 is 10.0 Å². The second-order valence-electron chi connectivity index (χ2n) is 5.64. The fourth-order valence-corrected chi connectivity index (χ4v) is 4.59. The van der Waals surface area contributed by atoms with Crippen LogP contribution in [0, 0.1) is 5.92 Å². The Hall–Kier alpha value is -0.910. The monoisotopic (exact) mass is 296 g/mol. The van der Waals surface area contributed by atoms with Gasteiger partial charge >= 0.3 is 0 Å². The highest BCUT2D eigenvalue weighted by Crippen LogP contribution is 2.27. The van der Waals surface area contributed by atoms with E-state index in [0.29, 0.717) is 23.8 Å². The molecule has 5 heteroatoms. The fraction of sp³-hybridized carbons (Fsp3) is 0.600. The Morgan fingerprint density at radius 1 is 1.35 bits per heavy atom. The minimum Gasteiger partial charge on any atom is -0.326 e. The van der Waals surface area contributed by atoms with Gasteiger partial charge in [-0.15, -0.1) is 0 Å². The zero-order valence-corrected chi connectivity index (χ0v) is 13.0. The molecule has 0 heterocycles. The summed E-state index contributed by atoms with van der Waals surface area (Å²) in [6.45, 7) is 4.43. The quantitative estimate of drug-likeness (QED) is 0.874. The molecule has 1 aliphatic rings. The van der Waals surface area contributed by atoms with Gasteiger partial charge in [0.05, 0.1) is 4.90 Å². The minimum atomic E-state index is -3.46. The first-order valence-electron chi connectivity index (χ1n) is 7.32. The lowest BCUT2D eigenvalue weighted by Gasteiger charge is -2.19. The number of nitrogens with one attached hydrogen (secondary N) is 1. The van der Waals surface area contributed by atoms with E-state index in [1.807, 2.05) is 19.1 Å². The summed E-state index contributed by atoms with van der Waals surface area (Å²) in [6, 6.07) is 5.54. The maximum atomic E-state index is 12.6. The molecular weight excluding hydrogens is 272 g/mol. The molecule has 2 unspecified atom stereocenters. The first-order chi connectivity index (χ1) is 9.47. The zero-order chi connectivity index (χ0) is 14.8. The van der Waals surface area contributed by atoms with Crippen molar-refractivity contribution < 1.29 is 8.42 Å². The number of sulfonamides is 1. The number of benzene rings is 1. The molecule has 3 N–H and O–H groups in total. The Morgan fingerprint density at radius 2 is 2.10 bits per heavy atom. The Morgan fingerprint density at radius 3 is 2.65 bits per heavy atom. The van der Waals surface area contributed by atoms with Gasteiger partial charge in [0.1, 0.15) is 0 Å². The number of hydrogen-bond donors (Lipinski definition) is 2. The van der Waals surface area contributed by atoms with Gasteiger partial charge < -0.3 is 5.73 Å². The molecule has 1 aromatic rings. The lowest BCUT2D eigenvalue weighted by atomic mass is 10.1. The third kappa shape index (κ3) is 3.22. The van der Waals surface area contributed by atoms with Crippen LogP contribution >= 0.6 is 0 Å². The van der Waals surface area contributed by atoms with E-state index in [-0.39, 0.29) is 6.04 Å². The van der Waals surface area contributed by atoms with Crippen LogP contribution in [-0.2, 0) is 23.0 Å². The zero-order valence-electron chi connectivity index (χ0n) is 12.2. The molecule has 112 valence electrons. The third-order valence-corrected chi connectivity index (χ3v) is 5.78. The average molecular weight is 296 g/mol. The Labute approximate surface area is 121 Å². The molecule has 0 bridgehead atoms. The number of aryl methyl sites for hydroxylation is 1. The van der Waals surface area contributed by atoms with Crippen LogP contribution in [-0.4, -0.2) is 14.5 Å². The highest BCUT2D eigenvalue weighted by atomic mass is 32.2. The second kappa shape index (κ2) is 6.24. The maximum Gasteiger partial charge on any atom is 0.241 e. The molecule has 0 aromatic heterocycles. The molecule has 20 heavy (non-hydrogen) atoms. The molecule has 4 nitrogen and oxygen atoms in total. The summed E-state index contributed by atoms with van der Waals surface area (Å²) in [5.41, 5.74) is 7.32. The third-order valence-electron chi connectivity index (χ3n) is 4.21.